The van der Waals surface area contributed by atoms with Gasteiger partial charge in [0.15, 0.2) is 0 Å². The summed E-state index contributed by atoms with van der Waals surface area (Å²) in [6.07, 6.45) is 0.201. The lowest BCUT2D eigenvalue weighted by molar-refractivity contribution is -0.116. The van der Waals surface area contributed by atoms with Crippen molar-refractivity contribution in [3.8, 4) is 28.3 Å². The number of hydrogen-bond acceptors (Lipinski definition) is 4. The molecule has 3 aromatic carbocycles. The van der Waals surface area contributed by atoms with Crippen molar-refractivity contribution >= 4 is 11.6 Å². The molecule has 0 saturated heterocycles. The number of anilines is 1. The van der Waals surface area contributed by atoms with Crippen LogP contribution in [0.1, 0.15) is 12.1 Å². The molecule has 0 saturated carbocycles. The van der Waals surface area contributed by atoms with Crippen LogP contribution < -0.4 is 15.6 Å². The molecule has 1 amide bonds. The predicted octanol–water partition coefficient (Wildman–Crippen LogP) is 4.82. The molecular weight excluding hydrogens is 402 g/mol. The van der Waals surface area contributed by atoms with Gasteiger partial charge in [-0.3, -0.25) is 9.59 Å². The first-order valence-electron chi connectivity index (χ1n) is 10.3. The van der Waals surface area contributed by atoms with Crippen molar-refractivity contribution in [1.82, 2.24) is 9.97 Å². The molecule has 0 bridgehead atoms. The quantitative estimate of drug-likeness (QED) is 0.445. The highest BCUT2D eigenvalue weighted by atomic mass is 16.5. The first-order chi connectivity index (χ1) is 15.6. The Bertz CT molecular complexity index is 1280. The van der Waals surface area contributed by atoms with E-state index < -0.39 is 0 Å². The molecule has 0 aliphatic heterocycles. The van der Waals surface area contributed by atoms with Crippen molar-refractivity contribution in [2.45, 2.75) is 13.3 Å². The zero-order chi connectivity index (χ0) is 22.3. The molecule has 4 rings (SSSR count). The van der Waals surface area contributed by atoms with E-state index >= 15 is 0 Å². The first kappa shape index (κ1) is 21.1. The van der Waals surface area contributed by atoms with Gasteiger partial charge in [0.1, 0.15) is 11.6 Å². The Morgan fingerprint density at radius 1 is 0.938 bits per heavy atom. The van der Waals surface area contributed by atoms with E-state index in [4.69, 9.17) is 4.74 Å². The zero-order valence-electron chi connectivity index (χ0n) is 17.7. The summed E-state index contributed by atoms with van der Waals surface area (Å²) >= 11 is 0. The fourth-order valence-electron chi connectivity index (χ4n) is 3.39. The molecule has 0 unspecified atom stereocenters. The fourth-order valence-corrected chi connectivity index (χ4v) is 3.39. The van der Waals surface area contributed by atoms with E-state index in [1.165, 1.54) is 6.07 Å². The second-order valence-electron chi connectivity index (χ2n) is 7.33. The first-order valence-corrected chi connectivity index (χ1v) is 10.3. The van der Waals surface area contributed by atoms with Crippen LogP contribution in [0.3, 0.4) is 0 Å². The van der Waals surface area contributed by atoms with E-state index in [1.807, 2.05) is 60.7 Å². The smallest absolute Gasteiger partial charge is 0.251 e. The number of nitrogens with one attached hydrogen (secondary N) is 2. The van der Waals surface area contributed by atoms with Crippen LogP contribution in [0.5, 0.6) is 5.75 Å². The third kappa shape index (κ3) is 5.29. The second-order valence-corrected chi connectivity index (χ2v) is 7.33. The average Bonchev–Trinajstić information content (AvgIpc) is 2.79. The number of rotatable bonds is 7. The van der Waals surface area contributed by atoms with E-state index in [-0.39, 0.29) is 24.5 Å². The third-order valence-corrected chi connectivity index (χ3v) is 4.85. The topological polar surface area (TPSA) is 84.1 Å². The molecule has 6 heteroatoms. The molecule has 0 aliphatic rings. The number of aromatic amines is 1. The largest absolute Gasteiger partial charge is 0.492 e. The summed E-state index contributed by atoms with van der Waals surface area (Å²) in [7, 11) is 0. The Hall–Kier alpha value is -4.19. The maximum absolute atomic E-state index is 12.4. The second kappa shape index (κ2) is 9.75. The molecule has 0 atom stereocenters. The molecule has 0 fully saturated rings. The van der Waals surface area contributed by atoms with Crippen molar-refractivity contribution < 1.29 is 9.53 Å². The summed E-state index contributed by atoms with van der Waals surface area (Å²) in [4.78, 5) is 31.2. The number of carbonyl (C=O) groups excluding carboxylic acids is 1. The number of carbonyl (C=O) groups is 1. The SMILES string of the molecule is Cc1cc(=O)[nH]c(-c2cccc(NC(=O)CCOc3ccccc3-c3ccccc3)c2)n1. The molecular formula is C26H23N3O3. The third-order valence-electron chi connectivity index (χ3n) is 4.85. The molecule has 1 aromatic heterocycles. The number of aryl methyl sites for hydroxylation is 1. The minimum absolute atomic E-state index is 0.162. The van der Waals surface area contributed by atoms with Gasteiger partial charge in [0, 0.05) is 28.6 Å². The van der Waals surface area contributed by atoms with Gasteiger partial charge in [-0.1, -0.05) is 60.7 Å². The van der Waals surface area contributed by atoms with Crippen molar-refractivity contribution in [2.24, 2.45) is 0 Å². The van der Waals surface area contributed by atoms with Crippen LogP contribution in [-0.4, -0.2) is 22.5 Å². The number of amides is 1. The number of aromatic nitrogens is 2. The number of H-pyrrole nitrogens is 1. The normalized spacial score (nSPS) is 10.5. The average molecular weight is 425 g/mol. The Labute approximate surface area is 185 Å². The molecule has 0 radical (unpaired) electrons. The van der Waals surface area contributed by atoms with Crippen LogP contribution in [0.25, 0.3) is 22.5 Å². The Kier molecular flexibility index (Phi) is 6.41. The van der Waals surface area contributed by atoms with E-state index in [0.717, 1.165) is 22.4 Å². The van der Waals surface area contributed by atoms with Gasteiger partial charge in [-0.2, -0.15) is 0 Å². The van der Waals surface area contributed by atoms with Crippen LogP contribution in [0.15, 0.2) is 89.7 Å². The van der Waals surface area contributed by atoms with Crippen LogP contribution in [0.2, 0.25) is 0 Å². The summed E-state index contributed by atoms with van der Waals surface area (Å²) in [5, 5.41) is 2.88. The van der Waals surface area contributed by atoms with Crippen molar-refractivity contribution in [1.29, 1.82) is 0 Å². The number of nitrogens with zero attached hydrogens (tertiary/aromatic N) is 1. The summed E-state index contributed by atoms with van der Waals surface area (Å²) in [6.45, 7) is 2.02. The molecule has 0 spiro atoms. The van der Waals surface area contributed by atoms with E-state index in [0.29, 0.717) is 17.2 Å². The van der Waals surface area contributed by atoms with Crippen LogP contribution in [0, 0.1) is 6.92 Å². The highest BCUT2D eigenvalue weighted by Crippen LogP contribution is 2.29. The van der Waals surface area contributed by atoms with Crippen molar-refractivity contribution in [3.05, 3.63) is 101 Å². The highest BCUT2D eigenvalue weighted by molar-refractivity contribution is 5.91. The summed E-state index contributed by atoms with van der Waals surface area (Å²) < 4.78 is 5.91. The predicted molar refractivity (Wildman–Crippen MR) is 126 cm³/mol. The van der Waals surface area contributed by atoms with Gasteiger partial charge in [-0.05, 0) is 30.7 Å². The molecule has 1 heterocycles. The van der Waals surface area contributed by atoms with Crippen molar-refractivity contribution in [3.63, 3.8) is 0 Å². The number of hydrogen-bond donors (Lipinski definition) is 2. The van der Waals surface area contributed by atoms with Gasteiger partial charge in [-0.15, -0.1) is 0 Å². The Morgan fingerprint density at radius 2 is 1.69 bits per heavy atom. The van der Waals surface area contributed by atoms with Crippen LogP contribution in [0.4, 0.5) is 5.69 Å². The lowest BCUT2D eigenvalue weighted by Crippen LogP contribution is -2.15. The van der Waals surface area contributed by atoms with E-state index in [1.54, 1.807) is 25.1 Å². The maximum atomic E-state index is 12.4. The zero-order valence-corrected chi connectivity index (χ0v) is 17.7. The Morgan fingerprint density at radius 3 is 2.50 bits per heavy atom. The minimum Gasteiger partial charge on any atom is -0.492 e. The van der Waals surface area contributed by atoms with Crippen LogP contribution >= 0.6 is 0 Å². The molecule has 160 valence electrons. The molecule has 0 aliphatic carbocycles. The number of ether oxygens (including phenoxy) is 1. The highest BCUT2D eigenvalue weighted by Gasteiger charge is 2.09. The van der Waals surface area contributed by atoms with Gasteiger partial charge in [0.05, 0.1) is 13.0 Å². The molecule has 32 heavy (non-hydrogen) atoms. The minimum atomic E-state index is -0.213. The molecule has 4 aromatic rings. The van der Waals surface area contributed by atoms with Gasteiger partial charge in [0.25, 0.3) is 5.56 Å². The monoisotopic (exact) mass is 425 g/mol. The van der Waals surface area contributed by atoms with Gasteiger partial charge >= 0.3 is 0 Å². The van der Waals surface area contributed by atoms with E-state index in [9.17, 15) is 9.59 Å². The van der Waals surface area contributed by atoms with Crippen molar-refractivity contribution in [2.75, 3.05) is 11.9 Å². The lowest BCUT2D eigenvalue weighted by atomic mass is 10.1. The van der Waals surface area contributed by atoms with E-state index in [2.05, 4.69) is 15.3 Å². The standard InChI is InChI=1S/C26H23N3O3/c1-18-16-25(31)29-26(27-18)20-10-7-11-21(17-20)28-24(30)14-15-32-23-13-6-5-12-22(23)19-8-3-2-4-9-19/h2-13,16-17H,14-15H2,1H3,(H,28,30)(H,27,29,31). The van der Waals surface area contributed by atoms with Gasteiger partial charge in [-0.25, -0.2) is 4.98 Å². The Balaban J connectivity index is 1.38. The van der Waals surface area contributed by atoms with Gasteiger partial charge in [0.2, 0.25) is 5.91 Å². The summed E-state index contributed by atoms with van der Waals surface area (Å²) in [5.41, 5.74) is 3.81. The number of para-hydroxylation sites is 1. The summed E-state index contributed by atoms with van der Waals surface area (Å²) in [5.74, 6) is 1.04. The van der Waals surface area contributed by atoms with Crippen LogP contribution in [-0.2, 0) is 4.79 Å². The van der Waals surface area contributed by atoms with Gasteiger partial charge < -0.3 is 15.0 Å². The fraction of sp³-hybridized carbons (Fsp3) is 0.115. The summed E-state index contributed by atoms with van der Waals surface area (Å²) in [6, 6.07) is 26.4. The molecule has 6 nitrogen and oxygen atoms in total. The number of benzene rings is 3. The lowest BCUT2D eigenvalue weighted by Gasteiger charge is -2.12. The molecule has 2 N–H and O–H groups in total. The maximum Gasteiger partial charge on any atom is 0.251 e.